The van der Waals surface area contributed by atoms with Crippen molar-refractivity contribution < 1.29 is 19.7 Å². The predicted octanol–water partition coefficient (Wildman–Crippen LogP) is 2.23. The third-order valence-corrected chi connectivity index (χ3v) is 2.43. The lowest BCUT2D eigenvalue weighted by Gasteiger charge is -2.11. The number of benzene rings is 1. The molecular weight excluding hydrogens is 220 g/mol. The summed E-state index contributed by atoms with van der Waals surface area (Å²) in [6.07, 6.45) is 1.29. The highest BCUT2D eigenvalue weighted by molar-refractivity contribution is 5.72. The van der Waals surface area contributed by atoms with Crippen molar-refractivity contribution in [1.82, 2.24) is 0 Å². The van der Waals surface area contributed by atoms with Crippen LogP contribution in [0.3, 0.4) is 0 Å². The molecule has 0 aliphatic carbocycles. The quantitative estimate of drug-likeness (QED) is 0.609. The van der Waals surface area contributed by atoms with Crippen molar-refractivity contribution in [3.63, 3.8) is 0 Å². The maximum absolute atomic E-state index is 11.5. The molecule has 0 heterocycles. The monoisotopic (exact) mass is 238 g/mol. The van der Waals surface area contributed by atoms with E-state index in [-0.39, 0.29) is 23.4 Å². The first-order valence-corrected chi connectivity index (χ1v) is 5.72. The lowest BCUT2D eigenvalue weighted by Crippen LogP contribution is -2.17. The lowest BCUT2D eigenvalue weighted by atomic mass is 10.0. The van der Waals surface area contributed by atoms with Crippen molar-refractivity contribution in [2.75, 3.05) is 6.61 Å². The minimum Gasteiger partial charge on any atom is -0.504 e. The average molecular weight is 238 g/mol. The number of phenolic OH excluding ortho intramolecular Hbond substituents is 2. The molecule has 2 N–H and O–H groups in total. The van der Waals surface area contributed by atoms with Gasteiger partial charge in [-0.25, -0.2) is 0 Å². The van der Waals surface area contributed by atoms with Gasteiger partial charge in [0, 0.05) is 0 Å². The summed E-state index contributed by atoms with van der Waals surface area (Å²) < 4.78 is 5.03. The van der Waals surface area contributed by atoms with Gasteiger partial charge >= 0.3 is 5.97 Å². The van der Waals surface area contributed by atoms with Crippen molar-refractivity contribution in [1.29, 1.82) is 0 Å². The van der Waals surface area contributed by atoms with E-state index >= 15 is 0 Å². The molecule has 1 aromatic carbocycles. The Morgan fingerprint density at radius 3 is 2.65 bits per heavy atom. The van der Waals surface area contributed by atoms with Crippen LogP contribution in [0.5, 0.6) is 11.5 Å². The van der Waals surface area contributed by atoms with Crippen molar-refractivity contribution in [2.45, 2.75) is 26.7 Å². The predicted molar refractivity (Wildman–Crippen MR) is 63.9 cm³/mol. The zero-order valence-corrected chi connectivity index (χ0v) is 10.1. The molecule has 17 heavy (non-hydrogen) atoms. The van der Waals surface area contributed by atoms with Gasteiger partial charge in [-0.3, -0.25) is 4.79 Å². The fourth-order valence-electron chi connectivity index (χ4n) is 1.48. The summed E-state index contributed by atoms with van der Waals surface area (Å²) in [5.74, 6) is -0.823. The molecule has 4 nitrogen and oxygen atoms in total. The summed E-state index contributed by atoms with van der Waals surface area (Å²) in [7, 11) is 0. The molecule has 94 valence electrons. The van der Waals surface area contributed by atoms with Gasteiger partial charge in [-0.1, -0.05) is 19.9 Å². The number of hydrogen-bond donors (Lipinski definition) is 2. The van der Waals surface area contributed by atoms with Crippen LogP contribution in [0.2, 0.25) is 0 Å². The normalized spacial score (nSPS) is 12.1. The van der Waals surface area contributed by atoms with Crippen LogP contribution >= 0.6 is 0 Å². The Labute approximate surface area is 101 Å². The first kappa shape index (κ1) is 13.4. The molecule has 0 fully saturated rings. The molecule has 0 spiro atoms. The number of hydrogen-bond acceptors (Lipinski definition) is 4. The van der Waals surface area contributed by atoms with E-state index in [0.29, 0.717) is 13.0 Å². The largest absolute Gasteiger partial charge is 0.504 e. The molecule has 0 radical (unpaired) electrons. The summed E-state index contributed by atoms with van der Waals surface area (Å²) in [6, 6.07) is 4.55. The number of rotatable bonds is 5. The molecule has 1 aromatic rings. The zero-order chi connectivity index (χ0) is 12.8. The molecule has 0 aliphatic heterocycles. The summed E-state index contributed by atoms with van der Waals surface area (Å²) >= 11 is 0. The smallest absolute Gasteiger partial charge is 0.308 e. The van der Waals surface area contributed by atoms with Crippen molar-refractivity contribution >= 4 is 5.97 Å². The highest BCUT2D eigenvalue weighted by atomic mass is 16.5. The Balaban J connectivity index is 2.58. The molecule has 1 rings (SSSR count). The maximum Gasteiger partial charge on any atom is 0.308 e. The Morgan fingerprint density at radius 1 is 1.35 bits per heavy atom. The van der Waals surface area contributed by atoms with Gasteiger partial charge in [0.05, 0.1) is 12.5 Å². The Morgan fingerprint density at radius 2 is 2.06 bits per heavy atom. The van der Waals surface area contributed by atoms with Gasteiger partial charge in [0.25, 0.3) is 0 Å². The van der Waals surface area contributed by atoms with Crippen LogP contribution in [0.25, 0.3) is 0 Å². The van der Waals surface area contributed by atoms with Gasteiger partial charge in [0.1, 0.15) is 0 Å². The molecule has 1 atom stereocenters. The zero-order valence-electron chi connectivity index (χ0n) is 10.1. The topological polar surface area (TPSA) is 66.8 Å². The summed E-state index contributed by atoms with van der Waals surface area (Å²) in [5.41, 5.74) is 0.793. The fraction of sp³-hybridized carbons (Fsp3) is 0.462. The first-order chi connectivity index (χ1) is 8.04. The molecule has 1 unspecified atom stereocenters. The van der Waals surface area contributed by atoms with E-state index in [1.807, 2.05) is 6.92 Å². The standard InChI is InChI=1S/C13H18O4/c1-3-6-17-13(16)9(2)7-10-4-5-11(14)12(15)8-10/h4-5,8-9,14-15H,3,6-7H2,1-2H3. The second-order valence-electron chi connectivity index (χ2n) is 4.10. The minimum absolute atomic E-state index is 0.157. The van der Waals surface area contributed by atoms with E-state index < -0.39 is 0 Å². The third-order valence-electron chi connectivity index (χ3n) is 2.43. The fourth-order valence-corrected chi connectivity index (χ4v) is 1.48. The molecule has 0 amide bonds. The van der Waals surface area contributed by atoms with Gasteiger partial charge in [0.15, 0.2) is 11.5 Å². The van der Waals surface area contributed by atoms with Crippen LogP contribution in [0.15, 0.2) is 18.2 Å². The highest BCUT2D eigenvalue weighted by Gasteiger charge is 2.15. The first-order valence-electron chi connectivity index (χ1n) is 5.72. The SMILES string of the molecule is CCCOC(=O)C(C)Cc1ccc(O)c(O)c1. The third kappa shape index (κ3) is 3.98. The van der Waals surface area contributed by atoms with Crippen LogP contribution in [-0.4, -0.2) is 22.8 Å². The average Bonchev–Trinajstić information content (AvgIpc) is 2.30. The number of aromatic hydroxyl groups is 2. The van der Waals surface area contributed by atoms with E-state index in [1.165, 1.54) is 12.1 Å². The van der Waals surface area contributed by atoms with Crippen LogP contribution in [0, 0.1) is 5.92 Å². The number of phenols is 2. The summed E-state index contributed by atoms with van der Waals surface area (Å²) in [4.78, 5) is 11.5. The maximum atomic E-state index is 11.5. The molecule has 0 saturated carbocycles. The van der Waals surface area contributed by atoms with Crippen molar-refractivity contribution in [2.24, 2.45) is 5.92 Å². The number of esters is 1. The number of carbonyl (C=O) groups is 1. The number of carbonyl (C=O) groups excluding carboxylic acids is 1. The van der Waals surface area contributed by atoms with E-state index in [4.69, 9.17) is 9.84 Å². The van der Waals surface area contributed by atoms with Crippen molar-refractivity contribution in [3.8, 4) is 11.5 Å². The van der Waals surface area contributed by atoms with E-state index in [9.17, 15) is 9.90 Å². The van der Waals surface area contributed by atoms with E-state index in [2.05, 4.69) is 0 Å². The van der Waals surface area contributed by atoms with Gasteiger partial charge in [0.2, 0.25) is 0 Å². The second-order valence-corrected chi connectivity index (χ2v) is 4.10. The van der Waals surface area contributed by atoms with Crippen molar-refractivity contribution in [3.05, 3.63) is 23.8 Å². The van der Waals surface area contributed by atoms with Gasteiger partial charge in [-0.2, -0.15) is 0 Å². The van der Waals surface area contributed by atoms with Gasteiger partial charge in [-0.05, 0) is 30.5 Å². The minimum atomic E-state index is -0.259. The Bertz CT molecular complexity index is 387. The molecule has 0 aliphatic rings. The Hall–Kier alpha value is -1.71. The molecule has 0 aromatic heterocycles. The molecule has 0 saturated heterocycles. The molecular formula is C13H18O4. The van der Waals surface area contributed by atoms with E-state index in [1.54, 1.807) is 13.0 Å². The van der Waals surface area contributed by atoms with Crippen LogP contribution in [-0.2, 0) is 16.0 Å². The van der Waals surface area contributed by atoms with Gasteiger partial charge < -0.3 is 14.9 Å². The van der Waals surface area contributed by atoms with Crippen LogP contribution < -0.4 is 0 Å². The summed E-state index contributed by atoms with van der Waals surface area (Å²) in [5, 5.41) is 18.5. The molecule has 4 heteroatoms. The second kappa shape index (κ2) is 6.13. The number of ether oxygens (including phenoxy) is 1. The highest BCUT2D eigenvalue weighted by Crippen LogP contribution is 2.26. The lowest BCUT2D eigenvalue weighted by molar-refractivity contribution is -0.147. The van der Waals surface area contributed by atoms with E-state index in [0.717, 1.165) is 12.0 Å². The Kier molecular flexibility index (Phi) is 4.82. The van der Waals surface area contributed by atoms with Crippen LogP contribution in [0.1, 0.15) is 25.8 Å². The van der Waals surface area contributed by atoms with Crippen LogP contribution in [0.4, 0.5) is 0 Å². The molecule has 0 bridgehead atoms. The summed E-state index contributed by atoms with van der Waals surface area (Å²) in [6.45, 7) is 4.15. The van der Waals surface area contributed by atoms with Gasteiger partial charge in [-0.15, -0.1) is 0 Å².